The second kappa shape index (κ2) is 9.01. The van der Waals surface area contributed by atoms with Gasteiger partial charge in [0.15, 0.2) is 6.10 Å². The van der Waals surface area contributed by atoms with Crippen molar-refractivity contribution in [1.29, 1.82) is 0 Å². The fourth-order valence-electron chi connectivity index (χ4n) is 2.02. The van der Waals surface area contributed by atoms with Crippen molar-refractivity contribution >= 4 is 28.0 Å². The number of benzene rings is 1. The zero-order valence-electron chi connectivity index (χ0n) is 16.3. The highest BCUT2D eigenvalue weighted by atomic mass is 32.2. The maximum Gasteiger partial charge on any atom is 0.331 e. The van der Waals surface area contributed by atoms with E-state index in [0.717, 1.165) is 6.08 Å². The monoisotopic (exact) mass is 398 g/mol. The molecule has 0 aliphatic carbocycles. The predicted molar refractivity (Wildman–Crippen MR) is 102 cm³/mol. The van der Waals surface area contributed by atoms with Crippen molar-refractivity contribution in [3.8, 4) is 5.75 Å². The molecule has 9 heteroatoms. The van der Waals surface area contributed by atoms with Crippen LogP contribution in [0.3, 0.4) is 0 Å². The molecular formula is C18H26N2O6S. The molecule has 1 rings (SSSR count). The van der Waals surface area contributed by atoms with Gasteiger partial charge in [0.2, 0.25) is 10.0 Å². The van der Waals surface area contributed by atoms with Crippen LogP contribution in [-0.4, -0.2) is 46.1 Å². The van der Waals surface area contributed by atoms with Crippen LogP contribution < -0.4 is 14.8 Å². The van der Waals surface area contributed by atoms with Crippen molar-refractivity contribution in [1.82, 2.24) is 10.0 Å². The number of nitrogens with one attached hydrogen (secondary N) is 2. The molecule has 1 atom stereocenters. The quantitative estimate of drug-likeness (QED) is 0.531. The number of amides is 1. The minimum Gasteiger partial charge on any atom is -0.495 e. The van der Waals surface area contributed by atoms with Crippen molar-refractivity contribution in [2.24, 2.45) is 0 Å². The Balaban J connectivity index is 2.89. The average Bonchev–Trinajstić information content (AvgIpc) is 2.58. The lowest BCUT2D eigenvalue weighted by atomic mass is 10.1. The molecule has 0 radical (unpaired) electrons. The fourth-order valence-corrected chi connectivity index (χ4v) is 2.95. The molecule has 0 bridgehead atoms. The molecule has 1 aromatic carbocycles. The minimum absolute atomic E-state index is 0.0547. The highest BCUT2D eigenvalue weighted by molar-refractivity contribution is 7.89. The van der Waals surface area contributed by atoms with Gasteiger partial charge in [-0.05, 0) is 58.5 Å². The normalized spacial score (nSPS) is 13.3. The van der Waals surface area contributed by atoms with Crippen LogP contribution >= 0.6 is 0 Å². The molecule has 150 valence electrons. The third-order valence-electron chi connectivity index (χ3n) is 3.32. The van der Waals surface area contributed by atoms with Gasteiger partial charge in [-0.25, -0.2) is 17.9 Å². The smallest absolute Gasteiger partial charge is 0.331 e. The van der Waals surface area contributed by atoms with E-state index >= 15 is 0 Å². The summed E-state index contributed by atoms with van der Waals surface area (Å²) in [7, 11) is -1.08. The number of carbonyl (C=O) groups is 2. The lowest BCUT2D eigenvalue weighted by molar-refractivity contribution is -0.150. The summed E-state index contributed by atoms with van der Waals surface area (Å²) in [6, 6.07) is 4.44. The minimum atomic E-state index is -3.73. The zero-order valence-corrected chi connectivity index (χ0v) is 17.1. The molecule has 1 aromatic rings. The highest BCUT2D eigenvalue weighted by Gasteiger charge is 2.22. The Morgan fingerprint density at radius 2 is 1.85 bits per heavy atom. The Hall–Kier alpha value is -2.39. The van der Waals surface area contributed by atoms with Gasteiger partial charge in [0.1, 0.15) is 10.6 Å². The first-order chi connectivity index (χ1) is 12.4. The number of esters is 1. The molecule has 0 aromatic heterocycles. The van der Waals surface area contributed by atoms with E-state index in [4.69, 9.17) is 9.47 Å². The van der Waals surface area contributed by atoms with Crippen molar-refractivity contribution < 1.29 is 27.5 Å². The van der Waals surface area contributed by atoms with Gasteiger partial charge in [-0.15, -0.1) is 0 Å². The van der Waals surface area contributed by atoms with Crippen LogP contribution in [0.25, 0.3) is 6.08 Å². The van der Waals surface area contributed by atoms with Crippen LogP contribution in [0.5, 0.6) is 5.75 Å². The summed E-state index contributed by atoms with van der Waals surface area (Å²) in [5.74, 6) is -0.951. The summed E-state index contributed by atoms with van der Waals surface area (Å²) in [5.41, 5.74) is 0.0136. The fraction of sp³-hybridized carbons (Fsp3) is 0.444. The number of hydrogen-bond acceptors (Lipinski definition) is 6. The Morgan fingerprint density at radius 1 is 1.22 bits per heavy atom. The number of hydrogen-bond donors (Lipinski definition) is 2. The summed E-state index contributed by atoms with van der Waals surface area (Å²) < 4.78 is 36.4. The molecule has 8 nitrogen and oxygen atoms in total. The van der Waals surface area contributed by atoms with Gasteiger partial charge >= 0.3 is 5.97 Å². The summed E-state index contributed by atoms with van der Waals surface area (Å²) in [4.78, 5) is 23.8. The van der Waals surface area contributed by atoms with Gasteiger partial charge in [-0.2, -0.15) is 0 Å². The van der Waals surface area contributed by atoms with Gasteiger partial charge in [0.05, 0.1) is 7.11 Å². The lowest BCUT2D eigenvalue weighted by Crippen LogP contribution is -2.46. The SMILES string of the molecule is CNS(=O)(=O)c1cc(/C=C/C(=O)O[C@@H](C)C(=O)NC(C)(C)C)ccc1OC. The van der Waals surface area contributed by atoms with Crippen LogP contribution in [0.2, 0.25) is 0 Å². The molecular weight excluding hydrogens is 372 g/mol. The van der Waals surface area contributed by atoms with Gasteiger partial charge in [0, 0.05) is 11.6 Å². The molecule has 2 N–H and O–H groups in total. The summed E-state index contributed by atoms with van der Waals surface area (Å²) in [6.07, 6.45) is 1.56. The molecule has 0 unspecified atom stereocenters. The van der Waals surface area contributed by atoms with Gasteiger partial charge < -0.3 is 14.8 Å². The zero-order chi connectivity index (χ0) is 20.8. The van der Waals surface area contributed by atoms with Crippen LogP contribution in [0.4, 0.5) is 0 Å². The molecule has 0 aliphatic heterocycles. The molecule has 0 fully saturated rings. The number of carbonyl (C=O) groups excluding carboxylic acids is 2. The van der Waals surface area contributed by atoms with E-state index in [9.17, 15) is 18.0 Å². The van der Waals surface area contributed by atoms with E-state index in [1.807, 2.05) is 20.8 Å². The van der Waals surface area contributed by atoms with Crippen LogP contribution in [-0.2, 0) is 24.3 Å². The first-order valence-corrected chi connectivity index (χ1v) is 9.70. The summed E-state index contributed by atoms with van der Waals surface area (Å²) in [5, 5.41) is 2.71. The Kier molecular flexibility index (Phi) is 7.55. The van der Waals surface area contributed by atoms with E-state index in [1.165, 1.54) is 39.3 Å². The molecule has 0 saturated heterocycles. The third-order valence-corrected chi connectivity index (χ3v) is 4.75. The maximum absolute atomic E-state index is 12.1. The summed E-state index contributed by atoms with van der Waals surface area (Å²) >= 11 is 0. The highest BCUT2D eigenvalue weighted by Crippen LogP contribution is 2.25. The molecule has 0 heterocycles. The van der Waals surface area contributed by atoms with Crippen LogP contribution in [0, 0.1) is 0 Å². The molecule has 0 saturated carbocycles. The lowest BCUT2D eigenvalue weighted by Gasteiger charge is -2.22. The number of sulfonamides is 1. The third kappa shape index (κ3) is 7.03. The number of methoxy groups -OCH3 is 1. The molecule has 27 heavy (non-hydrogen) atoms. The second-order valence-corrected chi connectivity index (χ2v) is 8.62. The van der Waals surface area contributed by atoms with Crippen LogP contribution in [0.1, 0.15) is 33.3 Å². The van der Waals surface area contributed by atoms with E-state index in [2.05, 4.69) is 10.0 Å². The first-order valence-electron chi connectivity index (χ1n) is 8.22. The molecule has 0 spiro atoms. The first kappa shape index (κ1) is 22.7. The van der Waals surface area contributed by atoms with Crippen molar-refractivity contribution in [3.63, 3.8) is 0 Å². The van der Waals surface area contributed by atoms with E-state index in [0.29, 0.717) is 5.56 Å². The summed E-state index contributed by atoms with van der Waals surface area (Å²) in [6.45, 7) is 6.93. The van der Waals surface area contributed by atoms with Crippen molar-refractivity contribution in [3.05, 3.63) is 29.8 Å². The topological polar surface area (TPSA) is 111 Å². The van der Waals surface area contributed by atoms with Gasteiger partial charge in [0.25, 0.3) is 5.91 Å². The second-order valence-electron chi connectivity index (χ2n) is 6.77. The van der Waals surface area contributed by atoms with Crippen LogP contribution in [0.15, 0.2) is 29.2 Å². The Morgan fingerprint density at radius 3 is 2.37 bits per heavy atom. The van der Waals surface area contributed by atoms with Gasteiger partial charge in [-0.3, -0.25) is 4.79 Å². The van der Waals surface area contributed by atoms with Gasteiger partial charge in [-0.1, -0.05) is 6.07 Å². The maximum atomic E-state index is 12.1. The Bertz CT molecular complexity index is 825. The van der Waals surface area contributed by atoms with E-state index in [1.54, 1.807) is 6.07 Å². The predicted octanol–water partition coefficient (Wildman–Crippen LogP) is 1.46. The van der Waals surface area contributed by atoms with E-state index < -0.39 is 33.5 Å². The Labute approximate surface area is 160 Å². The number of rotatable bonds is 7. The van der Waals surface area contributed by atoms with E-state index in [-0.39, 0.29) is 10.6 Å². The largest absolute Gasteiger partial charge is 0.495 e. The van der Waals surface area contributed by atoms with Crippen molar-refractivity contribution in [2.45, 2.75) is 44.2 Å². The average molecular weight is 398 g/mol. The standard InChI is InChI=1S/C18H26N2O6S/c1-12(17(22)20-18(2,3)4)26-16(21)10-8-13-7-9-14(25-6)15(11-13)27(23,24)19-5/h7-12,19H,1-6H3,(H,20,22)/b10-8+/t12-/m0/s1. The molecule has 0 aliphatic rings. The number of ether oxygens (including phenoxy) is 2. The van der Waals surface area contributed by atoms with Crippen molar-refractivity contribution in [2.75, 3.05) is 14.2 Å². The molecule has 1 amide bonds.